The van der Waals surface area contributed by atoms with E-state index in [2.05, 4.69) is 4.98 Å². The number of carbonyl (C=O) groups is 1. The highest BCUT2D eigenvalue weighted by Crippen LogP contribution is 2.26. The van der Waals surface area contributed by atoms with Crippen molar-refractivity contribution >= 4 is 12.0 Å². The van der Waals surface area contributed by atoms with Gasteiger partial charge < -0.3 is 9.84 Å². The summed E-state index contributed by atoms with van der Waals surface area (Å²) < 4.78 is 5.79. The van der Waals surface area contributed by atoms with Crippen molar-refractivity contribution in [2.24, 2.45) is 0 Å². The number of ether oxygens (including phenoxy) is 1. The summed E-state index contributed by atoms with van der Waals surface area (Å²) in [6, 6.07) is 7.71. The lowest BCUT2D eigenvalue weighted by Crippen LogP contribution is -1.90. The maximum absolute atomic E-state index is 10.5. The number of rotatable bonds is 4. The molecule has 0 aliphatic heterocycles. The first-order valence-corrected chi connectivity index (χ1v) is 6.16. The molecule has 0 aliphatic rings. The van der Waals surface area contributed by atoms with Gasteiger partial charge in [0.2, 0.25) is 0 Å². The van der Waals surface area contributed by atoms with E-state index in [-0.39, 0.29) is 0 Å². The number of nitrogens with zero attached hydrogens (tertiary/aromatic N) is 1. The molecule has 0 aliphatic carbocycles. The quantitative estimate of drug-likeness (QED) is 0.862. The fraction of sp³-hybridized carbons (Fsp3) is 0.125. The van der Waals surface area contributed by atoms with Crippen molar-refractivity contribution in [3.8, 4) is 11.5 Å². The summed E-state index contributed by atoms with van der Waals surface area (Å²) in [5, 5.41) is 8.61. The number of aryl methyl sites for hydroxylation is 2. The van der Waals surface area contributed by atoms with Crippen LogP contribution in [0.1, 0.15) is 16.7 Å². The molecule has 20 heavy (non-hydrogen) atoms. The Labute approximate surface area is 117 Å². The molecule has 0 radical (unpaired) electrons. The number of aromatic nitrogens is 1. The summed E-state index contributed by atoms with van der Waals surface area (Å²) in [7, 11) is 0. The summed E-state index contributed by atoms with van der Waals surface area (Å²) in [6.07, 6.45) is 5.72. The highest BCUT2D eigenvalue weighted by atomic mass is 16.5. The fourth-order valence-corrected chi connectivity index (χ4v) is 1.69. The van der Waals surface area contributed by atoms with Gasteiger partial charge in [0.1, 0.15) is 11.5 Å². The Kier molecular flexibility index (Phi) is 4.15. The summed E-state index contributed by atoms with van der Waals surface area (Å²) in [5.41, 5.74) is 2.82. The van der Waals surface area contributed by atoms with Gasteiger partial charge in [0.05, 0.1) is 6.20 Å². The smallest absolute Gasteiger partial charge is 0.328 e. The normalized spacial score (nSPS) is 10.7. The van der Waals surface area contributed by atoms with Crippen molar-refractivity contribution in [2.75, 3.05) is 0 Å². The predicted molar refractivity (Wildman–Crippen MR) is 76.9 cm³/mol. The Morgan fingerprint density at radius 1 is 1.25 bits per heavy atom. The molecule has 2 rings (SSSR count). The van der Waals surface area contributed by atoms with Crippen LogP contribution in [0.4, 0.5) is 0 Å². The van der Waals surface area contributed by atoms with E-state index >= 15 is 0 Å². The maximum atomic E-state index is 10.5. The third-order valence-corrected chi connectivity index (χ3v) is 2.72. The minimum absolute atomic E-state index is 0.575. The molecule has 4 nitrogen and oxygen atoms in total. The van der Waals surface area contributed by atoms with Crippen molar-refractivity contribution in [1.29, 1.82) is 0 Å². The summed E-state index contributed by atoms with van der Waals surface area (Å²) >= 11 is 0. The van der Waals surface area contributed by atoms with Crippen LogP contribution in [0.25, 0.3) is 6.08 Å². The minimum atomic E-state index is -0.995. The molecule has 0 spiro atoms. The largest absolute Gasteiger partial charge is 0.478 e. The molecule has 1 aromatic heterocycles. The number of hydrogen-bond acceptors (Lipinski definition) is 3. The lowest BCUT2D eigenvalue weighted by Gasteiger charge is -2.09. The molecule has 0 fully saturated rings. The molecule has 1 heterocycles. The fourth-order valence-electron chi connectivity index (χ4n) is 1.69. The molecule has 0 unspecified atom stereocenters. The second-order valence-electron chi connectivity index (χ2n) is 4.50. The summed E-state index contributed by atoms with van der Waals surface area (Å²) in [4.78, 5) is 14.5. The number of carboxylic acids is 1. The third-order valence-electron chi connectivity index (χ3n) is 2.72. The van der Waals surface area contributed by atoms with Gasteiger partial charge >= 0.3 is 5.97 Å². The molecule has 0 bridgehead atoms. The van der Waals surface area contributed by atoms with Crippen molar-refractivity contribution < 1.29 is 14.6 Å². The second-order valence-corrected chi connectivity index (χ2v) is 4.50. The number of benzene rings is 1. The average molecular weight is 269 g/mol. The van der Waals surface area contributed by atoms with Crippen LogP contribution in [0, 0.1) is 13.8 Å². The monoisotopic (exact) mass is 269 g/mol. The predicted octanol–water partition coefficient (Wildman–Crippen LogP) is 3.59. The van der Waals surface area contributed by atoms with Gasteiger partial charge in [0, 0.05) is 12.3 Å². The standard InChI is InChI=1S/C16H15NO3/c1-11-3-4-12(2)15(7-11)20-14-8-13(9-17-10-14)5-6-16(18)19/h3-10H,1-2H3,(H,18,19)/b6-5+. The van der Waals surface area contributed by atoms with Crippen LogP contribution >= 0.6 is 0 Å². The topological polar surface area (TPSA) is 59.4 Å². The molecular weight excluding hydrogens is 254 g/mol. The molecule has 0 amide bonds. The van der Waals surface area contributed by atoms with E-state index in [1.165, 1.54) is 6.08 Å². The summed E-state index contributed by atoms with van der Waals surface area (Å²) in [5.74, 6) is 0.350. The molecule has 1 aromatic carbocycles. The third kappa shape index (κ3) is 3.68. The van der Waals surface area contributed by atoms with Gasteiger partial charge in [-0.25, -0.2) is 4.79 Å². The van der Waals surface area contributed by atoms with E-state index in [9.17, 15) is 4.79 Å². The van der Waals surface area contributed by atoms with Crippen LogP contribution in [0.5, 0.6) is 11.5 Å². The van der Waals surface area contributed by atoms with Gasteiger partial charge in [-0.1, -0.05) is 12.1 Å². The number of aliphatic carboxylic acids is 1. The van der Waals surface area contributed by atoms with Crippen LogP contribution in [0.15, 0.2) is 42.7 Å². The average Bonchev–Trinajstić information content (AvgIpc) is 2.41. The zero-order valence-corrected chi connectivity index (χ0v) is 11.3. The van der Waals surface area contributed by atoms with Gasteiger partial charge in [-0.15, -0.1) is 0 Å². The van der Waals surface area contributed by atoms with Gasteiger partial charge in [0.25, 0.3) is 0 Å². The van der Waals surface area contributed by atoms with Crippen LogP contribution in [0.2, 0.25) is 0 Å². The summed E-state index contributed by atoms with van der Waals surface area (Å²) in [6.45, 7) is 3.97. The first kappa shape index (κ1) is 13.8. The van der Waals surface area contributed by atoms with Crippen LogP contribution < -0.4 is 4.74 Å². The lowest BCUT2D eigenvalue weighted by atomic mass is 10.1. The Morgan fingerprint density at radius 2 is 2.05 bits per heavy atom. The molecule has 0 saturated carbocycles. The molecule has 1 N–H and O–H groups in total. The van der Waals surface area contributed by atoms with Crippen LogP contribution in [-0.4, -0.2) is 16.1 Å². The van der Waals surface area contributed by atoms with Crippen LogP contribution in [-0.2, 0) is 4.79 Å². The Balaban J connectivity index is 2.23. The second kappa shape index (κ2) is 6.02. The molecule has 102 valence electrons. The highest BCUT2D eigenvalue weighted by molar-refractivity contribution is 5.85. The van der Waals surface area contributed by atoms with Gasteiger partial charge in [0.15, 0.2) is 0 Å². The Bertz CT molecular complexity index is 663. The SMILES string of the molecule is Cc1ccc(C)c(Oc2cncc(/C=C/C(=O)O)c2)c1. The van der Waals surface area contributed by atoms with E-state index in [4.69, 9.17) is 9.84 Å². The maximum Gasteiger partial charge on any atom is 0.328 e. The molecule has 2 aromatic rings. The van der Waals surface area contributed by atoms with Crippen LogP contribution in [0.3, 0.4) is 0 Å². The number of pyridine rings is 1. The lowest BCUT2D eigenvalue weighted by molar-refractivity contribution is -0.131. The first-order valence-electron chi connectivity index (χ1n) is 6.16. The zero-order valence-electron chi connectivity index (χ0n) is 11.3. The highest BCUT2D eigenvalue weighted by Gasteiger charge is 2.03. The Hall–Kier alpha value is -2.62. The molecular formula is C16H15NO3. The van der Waals surface area contributed by atoms with Gasteiger partial charge in [-0.3, -0.25) is 4.98 Å². The van der Waals surface area contributed by atoms with E-state index in [1.54, 1.807) is 18.5 Å². The van der Waals surface area contributed by atoms with Gasteiger partial charge in [-0.2, -0.15) is 0 Å². The van der Waals surface area contributed by atoms with E-state index in [1.807, 2.05) is 32.0 Å². The number of carboxylic acid groups (broad SMARTS) is 1. The minimum Gasteiger partial charge on any atom is -0.478 e. The molecule has 0 saturated heterocycles. The van der Waals surface area contributed by atoms with Crippen molar-refractivity contribution in [3.63, 3.8) is 0 Å². The van der Waals surface area contributed by atoms with Crippen molar-refractivity contribution in [3.05, 3.63) is 59.4 Å². The van der Waals surface area contributed by atoms with E-state index in [0.29, 0.717) is 11.3 Å². The number of hydrogen-bond donors (Lipinski definition) is 1. The zero-order chi connectivity index (χ0) is 14.5. The molecule has 4 heteroatoms. The molecule has 0 atom stereocenters. The first-order chi connectivity index (χ1) is 9.54. The van der Waals surface area contributed by atoms with E-state index in [0.717, 1.165) is 23.0 Å². The van der Waals surface area contributed by atoms with E-state index < -0.39 is 5.97 Å². The van der Waals surface area contributed by atoms with Gasteiger partial charge in [-0.05, 0) is 48.7 Å². The van der Waals surface area contributed by atoms with Crippen molar-refractivity contribution in [2.45, 2.75) is 13.8 Å². The van der Waals surface area contributed by atoms with Crippen molar-refractivity contribution in [1.82, 2.24) is 4.98 Å². The Morgan fingerprint density at radius 3 is 2.80 bits per heavy atom.